The third-order valence-electron chi connectivity index (χ3n) is 4.91. The molecule has 1 heterocycles. The van der Waals surface area contributed by atoms with Gasteiger partial charge in [-0.05, 0) is 26.8 Å². The van der Waals surface area contributed by atoms with Crippen LogP contribution in [0.2, 0.25) is 0 Å². The van der Waals surface area contributed by atoms with Gasteiger partial charge in [-0.3, -0.25) is 10.2 Å². The molecule has 3 heteroatoms. The van der Waals surface area contributed by atoms with Crippen molar-refractivity contribution in [3.63, 3.8) is 0 Å². The fraction of sp³-hybridized carbons (Fsp3) is 1.00. The van der Waals surface area contributed by atoms with Crippen molar-refractivity contribution in [2.24, 2.45) is 5.73 Å². The molecule has 1 fully saturated rings. The van der Waals surface area contributed by atoms with E-state index in [-0.39, 0.29) is 6.29 Å². The van der Waals surface area contributed by atoms with Crippen LogP contribution in [0.15, 0.2) is 0 Å². The van der Waals surface area contributed by atoms with Crippen molar-refractivity contribution < 1.29 is 4.48 Å². The quantitative estimate of drug-likeness (QED) is 0.723. The lowest BCUT2D eigenvalue weighted by atomic mass is 9.84. The normalized spacial score (nSPS) is 36.8. The van der Waals surface area contributed by atoms with E-state index in [0.29, 0.717) is 5.54 Å². The van der Waals surface area contributed by atoms with Crippen LogP contribution in [0.4, 0.5) is 0 Å². The Bertz CT molecular complexity index is 213. The van der Waals surface area contributed by atoms with E-state index in [1.807, 2.05) is 0 Å². The summed E-state index contributed by atoms with van der Waals surface area (Å²) in [5.74, 6) is 0. The van der Waals surface area contributed by atoms with Gasteiger partial charge in [0.1, 0.15) is 0 Å². The second-order valence-corrected chi connectivity index (χ2v) is 5.23. The molecule has 1 rings (SSSR count). The monoisotopic (exact) mass is 214 g/mol. The third kappa shape index (κ3) is 1.93. The highest BCUT2D eigenvalue weighted by atomic mass is 15.5. The molecule has 0 aromatic heterocycles. The second-order valence-electron chi connectivity index (χ2n) is 5.23. The summed E-state index contributed by atoms with van der Waals surface area (Å²) in [7, 11) is 4.47. The van der Waals surface area contributed by atoms with Crippen LogP contribution in [0, 0.1) is 0 Å². The van der Waals surface area contributed by atoms with Crippen molar-refractivity contribution in [2.75, 3.05) is 27.2 Å². The van der Waals surface area contributed by atoms with Crippen LogP contribution in [0.5, 0.6) is 0 Å². The van der Waals surface area contributed by atoms with Crippen LogP contribution in [0.3, 0.4) is 0 Å². The smallest absolute Gasteiger partial charge is 0.200 e. The van der Waals surface area contributed by atoms with Gasteiger partial charge in [0.15, 0.2) is 6.29 Å². The lowest BCUT2D eigenvalue weighted by molar-refractivity contribution is -0.951. The molecule has 0 aliphatic carbocycles. The number of hydrogen-bond donors (Lipinski definition) is 1. The van der Waals surface area contributed by atoms with E-state index >= 15 is 0 Å². The van der Waals surface area contributed by atoms with Crippen LogP contribution in [-0.2, 0) is 0 Å². The molecule has 3 nitrogen and oxygen atoms in total. The molecule has 0 aromatic rings. The van der Waals surface area contributed by atoms with Crippen LogP contribution < -0.4 is 5.73 Å². The maximum atomic E-state index is 6.39. The molecule has 2 unspecified atom stereocenters. The molecule has 2 atom stereocenters. The molecule has 1 saturated heterocycles. The van der Waals surface area contributed by atoms with Gasteiger partial charge in [-0.2, -0.15) is 0 Å². The number of quaternary nitrogens is 1. The summed E-state index contributed by atoms with van der Waals surface area (Å²) in [4.78, 5) is 2.42. The predicted octanol–water partition coefficient (Wildman–Crippen LogP) is 1.59. The Kier molecular flexibility index (Phi) is 3.80. The molecule has 0 bridgehead atoms. The van der Waals surface area contributed by atoms with E-state index in [1.165, 1.54) is 25.8 Å². The van der Waals surface area contributed by atoms with E-state index in [9.17, 15) is 0 Å². The van der Waals surface area contributed by atoms with Gasteiger partial charge in [-0.1, -0.05) is 13.8 Å². The second kappa shape index (κ2) is 4.40. The first kappa shape index (κ1) is 12.9. The molecule has 0 amide bonds. The van der Waals surface area contributed by atoms with Gasteiger partial charge in [0.05, 0.1) is 20.1 Å². The van der Waals surface area contributed by atoms with Crippen LogP contribution in [-0.4, -0.2) is 48.4 Å². The summed E-state index contributed by atoms with van der Waals surface area (Å²) in [5, 5.41) is 0. The first-order valence-electron chi connectivity index (χ1n) is 6.28. The number of nitrogens with zero attached hydrogens (tertiary/aromatic N) is 2. The number of hydrogen-bond acceptors (Lipinski definition) is 2. The molecule has 0 spiro atoms. The molecular formula is C12H28N3+. The minimum absolute atomic E-state index is 0.156. The summed E-state index contributed by atoms with van der Waals surface area (Å²) < 4.78 is 0.984. The van der Waals surface area contributed by atoms with Crippen molar-refractivity contribution in [1.29, 1.82) is 0 Å². The Balaban J connectivity index is 2.89. The van der Waals surface area contributed by atoms with Crippen molar-refractivity contribution in [3.8, 4) is 0 Å². The Morgan fingerprint density at radius 3 is 2.27 bits per heavy atom. The zero-order valence-corrected chi connectivity index (χ0v) is 11.1. The minimum Gasteiger partial charge on any atom is -0.298 e. The lowest BCUT2D eigenvalue weighted by Gasteiger charge is -2.55. The number of rotatable bonds is 3. The SMILES string of the molecule is CCC1(CC)CC[N+](C)(CC)C(N)N1C. The zero-order chi connectivity index (χ0) is 11.7. The molecular weight excluding hydrogens is 186 g/mol. The third-order valence-corrected chi connectivity index (χ3v) is 4.91. The topological polar surface area (TPSA) is 29.3 Å². The average molecular weight is 214 g/mol. The molecule has 0 aromatic carbocycles. The van der Waals surface area contributed by atoms with Crippen LogP contribution in [0.1, 0.15) is 40.0 Å². The molecule has 15 heavy (non-hydrogen) atoms. The molecule has 1 aliphatic heterocycles. The zero-order valence-electron chi connectivity index (χ0n) is 11.1. The van der Waals surface area contributed by atoms with Crippen molar-refractivity contribution >= 4 is 0 Å². The Morgan fingerprint density at radius 1 is 1.33 bits per heavy atom. The van der Waals surface area contributed by atoms with Crippen LogP contribution in [0.25, 0.3) is 0 Å². The van der Waals surface area contributed by atoms with E-state index in [4.69, 9.17) is 5.73 Å². The summed E-state index contributed by atoms with van der Waals surface area (Å²) in [6.45, 7) is 9.14. The Hall–Kier alpha value is -0.120. The van der Waals surface area contributed by atoms with Crippen LogP contribution >= 0.6 is 0 Å². The van der Waals surface area contributed by atoms with Gasteiger partial charge < -0.3 is 0 Å². The number of nitrogens with two attached hydrogens (primary N) is 1. The lowest BCUT2D eigenvalue weighted by Crippen LogP contribution is -2.73. The van der Waals surface area contributed by atoms with Crippen molar-refractivity contribution in [1.82, 2.24) is 4.90 Å². The highest BCUT2D eigenvalue weighted by Gasteiger charge is 2.47. The largest absolute Gasteiger partial charge is 0.298 e. The van der Waals surface area contributed by atoms with Crippen molar-refractivity contribution in [3.05, 3.63) is 0 Å². The Labute approximate surface area is 94.8 Å². The summed E-state index contributed by atoms with van der Waals surface area (Å²) in [6, 6.07) is 0. The maximum Gasteiger partial charge on any atom is 0.200 e. The minimum atomic E-state index is 0.156. The molecule has 1 aliphatic rings. The highest BCUT2D eigenvalue weighted by Crippen LogP contribution is 2.34. The van der Waals surface area contributed by atoms with Gasteiger partial charge in [0.2, 0.25) is 0 Å². The highest BCUT2D eigenvalue weighted by molar-refractivity contribution is 4.89. The first-order chi connectivity index (χ1) is 6.95. The van der Waals surface area contributed by atoms with Gasteiger partial charge in [0, 0.05) is 12.0 Å². The maximum absolute atomic E-state index is 6.39. The summed E-state index contributed by atoms with van der Waals surface area (Å²) in [5.41, 5.74) is 6.73. The van der Waals surface area contributed by atoms with E-state index in [2.05, 4.69) is 39.8 Å². The van der Waals surface area contributed by atoms with Gasteiger partial charge in [0.25, 0.3) is 0 Å². The molecule has 0 radical (unpaired) electrons. The molecule has 90 valence electrons. The van der Waals surface area contributed by atoms with E-state index in [0.717, 1.165) is 11.0 Å². The van der Waals surface area contributed by atoms with Gasteiger partial charge in [-0.15, -0.1) is 0 Å². The predicted molar refractivity (Wildman–Crippen MR) is 65.3 cm³/mol. The molecule has 2 N–H and O–H groups in total. The fourth-order valence-electron chi connectivity index (χ4n) is 2.92. The Morgan fingerprint density at radius 2 is 1.87 bits per heavy atom. The van der Waals surface area contributed by atoms with E-state index < -0.39 is 0 Å². The first-order valence-corrected chi connectivity index (χ1v) is 6.28. The van der Waals surface area contributed by atoms with Gasteiger partial charge in [-0.25, -0.2) is 4.90 Å². The standard InChI is InChI=1S/C12H28N3/c1-6-12(7-2)9-10-15(5,8-3)11(13)14(12)4/h11H,6-10,13H2,1-5H3/q+1. The average Bonchev–Trinajstić information content (AvgIpc) is 2.28. The van der Waals surface area contributed by atoms with E-state index in [1.54, 1.807) is 0 Å². The fourth-order valence-corrected chi connectivity index (χ4v) is 2.92. The van der Waals surface area contributed by atoms with Gasteiger partial charge >= 0.3 is 0 Å². The van der Waals surface area contributed by atoms with Crippen molar-refractivity contribution in [2.45, 2.75) is 51.9 Å². The summed E-state index contributed by atoms with van der Waals surface area (Å²) >= 11 is 0. The molecule has 0 saturated carbocycles. The summed E-state index contributed by atoms with van der Waals surface area (Å²) in [6.07, 6.45) is 3.84.